The molecule has 0 fully saturated rings. The molecule has 1 aromatic rings. The molecule has 2 rings (SSSR count). The van der Waals surface area contributed by atoms with E-state index >= 15 is 0 Å². The maximum atomic E-state index is 12.4. The Labute approximate surface area is 170 Å². The molecule has 0 unspecified atom stereocenters. The Morgan fingerprint density at radius 3 is 2.43 bits per heavy atom. The van der Waals surface area contributed by atoms with Crippen molar-refractivity contribution in [1.29, 1.82) is 0 Å². The zero-order valence-corrected chi connectivity index (χ0v) is 17.8. The molecule has 1 aliphatic carbocycles. The molecule has 0 bridgehead atoms. The van der Waals surface area contributed by atoms with E-state index in [1.807, 2.05) is 43.0 Å². The predicted molar refractivity (Wildman–Crippen MR) is 118 cm³/mol. The van der Waals surface area contributed by atoms with E-state index in [-0.39, 0.29) is 5.91 Å². The summed E-state index contributed by atoms with van der Waals surface area (Å²) in [6.07, 6.45) is 8.63. The maximum Gasteiger partial charge on any atom is 0.253 e. The van der Waals surface area contributed by atoms with Gasteiger partial charge in [-0.15, -0.1) is 0 Å². The number of nitrogens with zero attached hydrogens (tertiary/aromatic N) is 2. The zero-order valence-electron chi connectivity index (χ0n) is 17.8. The van der Waals surface area contributed by atoms with Gasteiger partial charge in [-0.25, -0.2) is 4.99 Å². The average molecular weight is 385 g/mol. The number of guanidine groups is 1. The normalized spacial score (nSPS) is 14.4. The standard InChI is InChI=1S/C23H36N4O/c1-4-24-23(25-17-16-19-10-8-7-9-11-19)26-18-20-12-14-21(15-13-20)22(28)27(5-2)6-3/h10,12-15H,4-9,11,16-18H2,1-3H3,(H2,24,25,26). The van der Waals surface area contributed by atoms with Crippen LogP contribution < -0.4 is 10.6 Å². The smallest absolute Gasteiger partial charge is 0.253 e. The summed E-state index contributed by atoms with van der Waals surface area (Å²) in [5.41, 5.74) is 3.41. The molecule has 0 radical (unpaired) electrons. The largest absolute Gasteiger partial charge is 0.357 e. The van der Waals surface area contributed by atoms with Crippen molar-refractivity contribution in [2.75, 3.05) is 26.2 Å². The fourth-order valence-corrected chi connectivity index (χ4v) is 3.43. The zero-order chi connectivity index (χ0) is 20.2. The van der Waals surface area contributed by atoms with Crippen molar-refractivity contribution in [1.82, 2.24) is 15.5 Å². The number of benzene rings is 1. The second-order valence-corrected chi connectivity index (χ2v) is 7.15. The van der Waals surface area contributed by atoms with E-state index in [4.69, 9.17) is 0 Å². The molecular formula is C23H36N4O. The number of carbonyl (C=O) groups is 1. The minimum atomic E-state index is 0.0899. The quantitative estimate of drug-likeness (QED) is 0.383. The highest BCUT2D eigenvalue weighted by molar-refractivity contribution is 5.94. The van der Waals surface area contributed by atoms with Gasteiger partial charge in [0.1, 0.15) is 0 Å². The third-order valence-electron chi connectivity index (χ3n) is 5.14. The first kappa shape index (κ1) is 22.0. The first-order chi connectivity index (χ1) is 13.7. The number of allylic oxidation sites excluding steroid dienone is 1. The van der Waals surface area contributed by atoms with E-state index in [0.29, 0.717) is 6.54 Å². The number of nitrogens with one attached hydrogen (secondary N) is 2. The van der Waals surface area contributed by atoms with Gasteiger partial charge in [-0.1, -0.05) is 23.8 Å². The van der Waals surface area contributed by atoms with Crippen molar-refractivity contribution in [3.05, 3.63) is 47.0 Å². The Kier molecular flexibility index (Phi) is 9.60. The Morgan fingerprint density at radius 2 is 1.82 bits per heavy atom. The summed E-state index contributed by atoms with van der Waals surface area (Å²) < 4.78 is 0. The van der Waals surface area contributed by atoms with E-state index < -0.39 is 0 Å². The summed E-state index contributed by atoms with van der Waals surface area (Å²) in [4.78, 5) is 18.9. The Morgan fingerprint density at radius 1 is 1.07 bits per heavy atom. The molecule has 0 aliphatic heterocycles. The molecule has 0 spiro atoms. The van der Waals surface area contributed by atoms with E-state index in [9.17, 15) is 4.79 Å². The molecule has 2 N–H and O–H groups in total. The Balaban J connectivity index is 1.88. The summed E-state index contributed by atoms with van der Waals surface area (Å²) in [5, 5.41) is 6.74. The first-order valence-electron chi connectivity index (χ1n) is 10.8. The number of amides is 1. The number of aliphatic imine (C=N–C) groups is 1. The number of hydrogen-bond acceptors (Lipinski definition) is 2. The second kappa shape index (κ2) is 12.2. The number of hydrogen-bond donors (Lipinski definition) is 2. The van der Waals surface area contributed by atoms with Gasteiger partial charge in [-0.05, 0) is 70.6 Å². The second-order valence-electron chi connectivity index (χ2n) is 7.15. The van der Waals surface area contributed by atoms with Crippen LogP contribution >= 0.6 is 0 Å². The van der Waals surface area contributed by atoms with E-state index in [2.05, 4.69) is 28.6 Å². The summed E-state index contributed by atoms with van der Waals surface area (Å²) in [6, 6.07) is 7.80. The molecule has 0 heterocycles. The molecule has 1 aromatic carbocycles. The van der Waals surface area contributed by atoms with E-state index in [1.54, 1.807) is 5.57 Å². The van der Waals surface area contributed by atoms with Crippen LogP contribution in [0.1, 0.15) is 68.8 Å². The predicted octanol–water partition coefficient (Wildman–Crippen LogP) is 4.11. The van der Waals surface area contributed by atoms with Crippen molar-refractivity contribution >= 4 is 11.9 Å². The van der Waals surface area contributed by atoms with E-state index in [0.717, 1.165) is 49.7 Å². The maximum absolute atomic E-state index is 12.4. The SMILES string of the molecule is CCNC(=NCc1ccc(C(=O)N(CC)CC)cc1)NCCC1=CCCCC1. The van der Waals surface area contributed by atoms with Gasteiger partial charge in [0.25, 0.3) is 5.91 Å². The van der Waals surface area contributed by atoms with Crippen molar-refractivity contribution in [3.8, 4) is 0 Å². The summed E-state index contributed by atoms with van der Waals surface area (Å²) in [7, 11) is 0. The highest BCUT2D eigenvalue weighted by Crippen LogP contribution is 2.19. The van der Waals surface area contributed by atoms with Crippen LogP contribution in [0.3, 0.4) is 0 Å². The summed E-state index contributed by atoms with van der Waals surface area (Å²) >= 11 is 0. The minimum absolute atomic E-state index is 0.0899. The fourth-order valence-electron chi connectivity index (χ4n) is 3.43. The van der Waals surface area contributed by atoms with Crippen LogP contribution in [0.4, 0.5) is 0 Å². The van der Waals surface area contributed by atoms with Crippen molar-refractivity contribution in [2.24, 2.45) is 4.99 Å². The lowest BCUT2D eigenvalue weighted by Crippen LogP contribution is -2.37. The van der Waals surface area contributed by atoms with Crippen LogP contribution in [0, 0.1) is 0 Å². The minimum Gasteiger partial charge on any atom is -0.357 e. The highest BCUT2D eigenvalue weighted by atomic mass is 16.2. The van der Waals surface area contributed by atoms with Gasteiger partial charge in [-0.2, -0.15) is 0 Å². The van der Waals surface area contributed by atoms with Crippen molar-refractivity contribution in [3.63, 3.8) is 0 Å². The topological polar surface area (TPSA) is 56.7 Å². The molecule has 1 amide bonds. The molecule has 5 nitrogen and oxygen atoms in total. The van der Waals surface area contributed by atoms with Gasteiger partial charge in [0.2, 0.25) is 0 Å². The van der Waals surface area contributed by atoms with Crippen molar-refractivity contribution < 1.29 is 4.79 Å². The van der Waals surface area contributed by atoms with Gasteiger partial charge in [0, 0.05) is 31.7 Å². The van der Waals surface area contributed by atoms with Gasteiger partial charge in [0.05, 0.1) is 6.54 Å². The van der Waals surface area contributed by atoms with Crippen LogP contribution in [-0.4, -0.2) is 42.9 Å². The van der Waals surface area contributed by atoms with E-state index in [1.165, 1.54) is 25.7 Å². The molecule has 154 valence electrons. The number of carbonyl (C=O) groups excluding carboxylic acids is 1. The lowest BCUT2D eigenvalue weighted by molar-refractivity contribution is 0.0773. The van der Waals surface area contributed by atoms with Crippen LogP contribution in [0.2, 0.25) is 0 Å². The third-order valence-corrected chi connectivity index (χ3v) is 5.14. The van der Waals surface area contributed by atoms with Crippen LogP contribution in [0.25, 0.3) is 0 Å². The molecular weight excluding hydrogens is 348 g/mol. The van der Waals surface area contributed by atoms with Gasteiger partial charge in [0.15, 0.2) is 5.96 Å². The molecule has 28 heavy (non-hydrogen) atoms. The summed E-state index contributed by atoms with van der Waals surface area (Å²) in [5.74, 6) is 0.939. The third kappa shape index (κ3) is 7.02. The van der Waals surface area contributed by atoms with Crippen LogP contribution in [0.5, 0.6) is 0 Å². The Bertz CT molecular complexity index is 660. The Hall–Kier alpha value is -2.30. The monoisotopic (exact) mass is 384 g/mol. The van der Waals surface area contributed by atoms with Crippen LogP contribution in [-0.2, 0) is 6.54 Å². The molecule has 0 aromatic heterocycles. The van der Waals surface area contributed by atoms with Gasteiger partial charge in [-0.3, -0.25) is 4.79 Å². The summed E-state index contributed by atoms with van der Waals surface area (Å²) in [6.45, 7) is 9.90. The van der Waals surface area contributed by atoms with Crippen molar-refractivity contribution in [2.45, 2.75) is 59.4 Å². The van der Waals surface area contributed by atoms with Crippen LogP contribution in [0.15, 0.2) is 40.9 Å². The van der Waals surface area contributed by atoms with Gasteiger partial charge < -0.3 is 15.5 Å². The molecule has 0 atom stereocenters. The first-order valence-corrected chi connectivity index (χ1v) is 10.8. The lowest BCUT2D eigenvalue weighted by Gasteiger charge is -2.18. The molecule has 5 heteroatoms. The lowest BCUT2D eigenvalue weighted by atomic mass is 9.97. The molecule has 1 aliphatic rings. The highest BCUT2D eigenvalue weighted by Gasteiger charge is 2.11. The molecule has 0 saturated carbocycles. The number of rotatable bonds is 9. The average Bonchev–Trinajstić information content (AvgIpc) is 2.74. The van der Waals surface area contributed by atoms with Gasteiger partial charge >= 0.3 is 0 Å². The molecule has 0 saturated heterocycles. The fraction of sp³-hybridized carbons (Fsp3) is 0.565.